The number of nitrogens with zero attached hydrogens (tertiary/aromatic N) is 1. The number of imidazole rings is 1. The highest BCUT2D eigenvalue weighted by Gasteiger charge is 2.02. The first kappa shape index (κ1) is 10.8. The number of aromatic nitrogens is 2. The molecule has 2 heterocycles. The third kappa shape index (κ3) is 2.35. The Labute approximate surface area is 111 Å². The van der Waals surface area contributed by atoms with E-state index in [2.05, 4.69) is 48.7 Å². The largest absolute Gasteiger partial charge is 0.351 e. The number of anilines is 1. The monoisotopic (exact) mass is 307 g/mol. The predicted octanol–water partition coefficient (Wildman–Crippen LogP) is 4.00. The Morgan fingerprint density at radius 1 is 1.35 bits per heavy atom. The average molecular weight is 308 g/mol. The molecule has 0 bridgehead atoms. The van der Waals surface area contributed by atoms with Gasteiger partial charge in [-0.05, 0) is 29.6 Å². The molecule has 3 rings (SSSR count). The van der Waals surface area contributed by atoms with E-state index in [1.807, 2.05) is 18.2 Å². The van der Waals surface area contributed by atoms with Gasteiger partial charge in [-0.25, -0.2) is 4.98 Å². The van der Waals surface area contributed by atoms with E-state index >= 15 is 0 Å². The third-order valence-corrected chi connectivity index (χ3v) is 3.82. The van der Waals surface area contributed by atoms with E-state index in [0.29, 0.717) is 0 Å². The summed E-state index contributed by atoms with van der Waals surface area (Å²) < 4.78 is 1.05. The summed E-state index contributed by atoms with van der Waals surface area (Å²) in [5, 5.41) is 5.36. The first-order valence-corrected chi connectivity index (χ1v) is 6.90. The Balaban J connectivity index is 1.81. The van der Waals surface area contributed by atoms with Gasteiger partial charge in [0.05, 0.1) is 17.6 Å². The molecule has 0 saturated heterocycles. The first-order chi connectivity index (χ1) is 8.31. The van der Waals surface area contributed by atoms with Gasteiger partial charge in [-0.3, -0.25) is 0 Å². The highest BCUT2D eigenvalue weighted by molar-refractivity contribution is 9.10. The Morgan fingerprint density at radius 2 is 2.29 bits per heavy atom. The number of fused-ring (bicyclic) bond motifs is 1. The van der Waals surface area contributed by atoms with Crippen LogP contribution in [0.5, 0.6) is 0 Å². The summed E-state index contributed by atoms with van der Waals surface area (Å²) >= 11 is 5.19. The summed E-state index contributed by atoms with van der Waals surface area (Å²) in [6, 6.07) is 10.2. The molecule has 0 amide bonds. The quantitative estimate of drug-likeness (QED) is 0.768. The lowest BCUT2D eigenvalue weighted by Crippen LogP contribution is -1.98. The van der Waals surface area contributed by atoms with Crippen molar-refractivity contribution in [2.24, 2.45) is 0 Å². The topological polar surface area (TPSA) is 40.7 Å². The minimum atomic E-state index is 0.804. The average Bonchev–Trinajstić information content (AvgIpc) is 2.94. The Morgan fingerprint density at radius 3 is 3.12 bits per heavy atom. The van der Waals surface area contributed by atoms with Crippen molar-refractivity contribution in [1.82, 2.24) is 9.97 Å². The number of nitrogens with one attached hydrogen (secondary N) is 2. The van der Waals surface area contributed by atoms with Crippen LogP contribution in [0.1, 0.15) is 4.88 Å². The molecule has 0 aliphatic rings. The maximum atomic E-state index is 4.47. The van der Waals surface area contributed by atoms with Gasteiger partial charge in [-0.1, -0.05) is 22.0 Å². The number of rotatable bonds is 3. The molecular formula is C12H10BrN3S. The van der Waals surface area contributed by atoms with Crippen molar-refractivity contribution in [2.75, 3.05) is 5.32 Å². The number of halogens is 1. The molecule has 1 aromatic carbocycles. The van der Waals surface area contributed by atoms with Crippen LogP contribution in [0.15, 0.2) is 40.2 Å². The van der Waals surface area contributed by atoms with Gasteiger partial charge in [-0.15, -0.1) is 11.3 Å². The molecule has 0 aliphatic carbocycles. The molecule has 17 heavy (non-hydrogen) atoms. The van der Waals surface area contributed by atoms with Crippen LogP contribution in [-0.2, 0) is 6.54 Å². The van der Waals surface area contributed by atoms with E-state index in [1.54, 1.807) is 11.3 Å². The maximum absolute atomic E-state index is 4.47. The number of hydrogen-bond donors (Lipinski definition) is 2. The van der Waals surface area contributed by atoms with Gasteiger partial charge in [0.25, 0.3) is 0 Å². The number of aromatic amines is 1. The van der Waals surface area contributed by atoms with Crippen LogP contribution in [0.2, 0.25) is 0 Å². The summed E-state index contributed by atoms with van der Waals surface area (Å²) in [6.07, 6.45) is 0. The first-order valence-electron chi connectivity index (χ1n) is 5.23. The van der Waals surface area contributed by atoms with E-state index < -0.39 is 0 Å². The number of hydrogen-bond acceptors (Lipinski definition) is 3. The van der Waals surface area contributed by atoms with Crippen molar-refractivity contribution in [1.29, 1.82) is 0 Å². The Hall–Kier alpha value is -1.33. The summed E-state index contributed by atoms with van der Waals surface area (Å²) in [6.45, 7) is 0.804. The molecule has 0 fully saturated rings. The van der Waals surface area contributed by atoms with Crippen LogP contribution in [0.3, 0.4) is 0 Å². The molecule has 0 aliphatic heterocycles. The molecule has 3 aromatic rings. The van der Waals surface area contributed by atoms with Gasteiger partial charge >= 0.3 is 0 Å². The van der Waals surface area contributed by atoms with E-state index in [-0.39, 0.29) is 0 Å². The number of thiophene rings is 1. The molecular weight excluding hydrogens is 298 g/mol. The predicted molar refractivity (Wildman–Crippen MR) is 75.4 cm³/mol. The molecule has 2 N–H and O–H groups in total. The molecule has 0 spiro atoms. The normalized spacial score (nSPS) is 10.9. The summed E-state index contributed by atoms with van der Waals surface area (Å²) in [4.78, 5) is 9.02. The summed E-state index contributed by atoms with van der Waals surface area (Å²) in [5.41, 5.74) is 2.01. The zero-order chi connectivity index (χ0) is 11.7. The summed E-state index contributed by atoms with van der Waals surface area (Å²) in [5.74, 6) is 0.812. The van der Waals surface area contributed by atoms with Gasteiger partial charge < -0.3 is 10.3 Å². The van der Waals surface area contributed by atoms with Crippen molar-refractivity contribution in [2.45, 2.75) is 6.54 Å². The van der Waals surface area contributed by atoms with Gasteiger partial charge in [0.1, 0.15) is 0 Å². The molecule has 5 heteroatoms. The Bertz CT molecular complexity index is 630. The fraction of sp³-hybridized carbons (Fsp3) is 0.0833. The molecule has 0 saturated carbocycles. The standard InChI is InChI=1S/C12H10BrN3S/c13-8-3-4-10-11(6-8)16-12(15-10)14-7-9-2-1-5-17-9/h1-6H,7H2,(H2,14,15,16). The minimum absolute atomic E-state index is 0.804. The SMILES string of the molecule is Brc1ccc2nc(NCc3cccs3)[nH]c2c1. The second-order valence-corrected chi connectivity index (χ2v) is 5.63. The van der Waals surface area contributed by atoms with Crippen LogP contribution in [0.25, 0.3) is 11.0 Å². The van der Waals surface area contributed by atoms with Crippen LogP contribution in [0.4, 0.5) is 5.95 Å². The second kappa shape index (κ2) is 4.50. The maximum Gasteiger partial charge on any atom is 0.201 e. The molecule has 3 nitrogen and oxygen atoms in total. The highest BCUT2D eigenvalue weighted by Crippen LogP contribution is 2.20. The van der Waals surface area contributed by atoms with Crippen LogP contribution >= 0.6 is 27.3 Å². The number of H-pyrrole nitrogens is 1. The van der Waals surface area contributed by atoms with Crippen molar-refractivity contribution < 1.29 is 0 Å². The van der Waals surface area contributed by atoms with Crippen LogP contribution in [-0.4, -0.2) is 9.97 Å². The molecule has 0 atom stereocenters. The van der Waals surface area contributed by atoms with Crippen LogP contribution < -0.4 is 5.32 Å². The highest BCUT2D eigenvalue weighted by atomic mass is 79.9. The minimum Gasteiger partial charge on any atom is -0.351 e. The van der Waals surface area contributed by atoms with E-state index in [9.17, 15) is 0 Å². The fourth-order valence-electron chi connectivity index (χ4n) is 1.65. The molecule has 2 aromatic heterocycles. The van der Waals surface area contributed by atoms with Gasteiger partial charge in [0.2, 0.25) is 5.95 Å². The van der Waals surface area contributed by atoms with Crippen LogP contribution in [0, 0.1) is 0 Å². The second-order valence-electron chi connectivity index (χ2n) is 3.68. The van der Waals surface area contributed by atoms with E-state index in [0.717, 1.165) is 28.0 Å². The van der Waals surface area contributed by atoms with Crippen molar-refractivity contribution in [3.05, 3.63) is 45.1 Å². The Kier molecular flexibility index (Phi) is 2.86. The van der Waals surface area contributed by atoms with Crippen molar-refractivity contribution in [3.63, 3.8) is 0 Å². The lowest BCUT2D eigenvalue weighted by Gasteiger charge is -1.98. The molecule has 0 unspecified atom stereocenters. The zero-order valence-corrected chi connectivity index (χ0v) is 11.3. The smallest absolute Gasteiger partial charge is 0.201 e. The molecule has 0 radical (unpaired) electrons. The van der Waals surface area contributed by atoms with Crippen molar-refractivity contribution in [3.8, 4) is 0 Å². The lowest BCUT2D eigenvalue weighted by atomic mass is 10.3. The van der Waals surface area contributed by atoms with E-state index in [1.165, 1.54) is 4.88 Å². The lowest BCUT2D eigenvalue weighted by molar-refractivity contribution is 1.13. The van der Waals surface area contributed by atoms with Crippen molar-refractivity contribution >= 4 is 44.2 Å². The zero-order valence-electron chi connectivity index (χ0n) is 8.90. The van der Waals surface area contributed by atoms with E-state index in [4.69, 9.17) is 0 Å². The number of benzene rings is 1. The van der Waals surface area contributed by atoms with Gasteiger partial charge in [0, 0.05) is 9.35 Å². The molecule has 86 valence electrons. The fourth-order valence-corrected chi connectivity index (χ4v) is 2.66. The van der Waals surface area contributed by atoms with Gasteiger partial charge in [0.15, 0.2) is 0 Å². The van der Waals surface area contributed by atoms with Gasteiger partial charge in [-0.2, -0.15) is 0 Å². The summed E-state index contributed by atoms with van der Waals surface area (Å²) in [7, 11) is 0. The third-order valence-electron chi connectivity index (χ3n) is 2.45.